The molecule has 4 rings (SSSR count). The number of hydrogen-bond acceptors (Lipinski definition) is 4. The summed E-state index contributed by atoms with van der Waals surface area (Å²) in [7, 11) is 0. The van der Waals surface area contributed by atoms with Gasteiger partial charge < -0.3 is 14.1 Å². The second-order valence-corrected chi connectivity index (χ2v) is 6.91. The number of ether oxygens (including phenoxy) is 1. The Morgan fingerprint density at radius 3 is 3.09 bits per heavy atom. The highest BCUT2D eigenvalue weighted by Crippen LogP contribution is 2.37. The maximum Gasteiger partial charge on any atom is 0.222 e. The molecule has 4 heterocycles. The number of carbonyl (C=O) groups excluding carboxylic acids is 1. The van der Waals surface area contributed by atoms with Crippen molar-refractivity contribution in [2.24, 2.45) is 0 Å². The minimum Gasteiger partial charge on any atom is -0.468 e. The van der Waals surface area contributed by atoms with Gasteiger partial charge >= 0.3 is 0 Å². The molecule has 0 unspecified atom stereocenters. The van der Waals surface area contributed by atoms with E-state index >= 15 is 0 Å². The smallest absolute Gasteiger partial charge is 0.222 e. The lowest BCUT2D eigenvalue weighted by Gasteiger charge is -2.41. The van der Waals surface area contributed by atoms with Gasteiger partial charge in [0.2, 0.25) is 5.91 Å². The SMILES string of the molecule is O=C1CCCN1[C@H]1CCO[C@]2(CCN(Cc3ccco3)C2)C1. The summed E-state index contributed by atoms with van der Waals surface area (Å²) in [6.45, 7) is 4.57. The van der Waals surface area contributed by atoms with Gasteiger partial charge in [-0.05, 0) is 37.8 Å². The van der Waals surface area contributed by atoms with E-state index in [0.29, 0.717) is 11.9 Å². The first-order valence-electron chi connectivity index (χ1n) is 8.42. The van der Waals surface area contributed by atoms with Gasteiger partial charge in [-0.1, -0.05) is 0 Å². The third-order valence-corrected chi connectivity index (χ3v) is 5.37. The molecule has 0 radical (unpaired) electrons. The molecule has 0 N–H and O–H groups in total. The van der Waals surface area contributed by atoms with E-state index in [4.69, 9.17) is 9.15 Å². The highest BCUT2D eigenvalue weighted by molar-refractivity contribution is 5.78. The van der Waals surface area contributed by atoms with Crippen LogP contribution in [0.15, 0.2) is 22.8 Å². The predicted molar refractivity (Wildman–Crippen MR) is 81.3 cm³/mol. The summed E-state index contributed by atoms with van der Waals surface area (Å²) < 4.78 is 11.6. The molecule has 22 heavy (non-hydrogen) atoms. The van der Waals surface area contributed by atoms with Gasteiger partial charge in [0.1, 0.15) is 5.76 Å². The van der Waals surface area contributed by atoms with Crippen molar-refractivity contribution in [3.8, 4) is 0 Å². The van der Waals surface area contributed by atoms with Crippen LogP contribution >= 0.6 is 0 Å². The molecule has 0 aliphatic carbocycles. The van der Waals surface area contributed by atoms with Gasteiger partial charge in [0.25, 0.3) is 0 Å². The molecule has 3 fully saturated rings. The second kappa shape index (κ2) is 5.70. The molecule has 5 nitrogen and oxygen atoms in total. The maximum absolute atomic E-state index is 12.0. The Balaban J connectivity index is 1.40. The number of amides is 1. The molecule has 1 spiro atoms. The van der Waals surface area contributed by atoms with E-state index in [1.54, 1.807) is 6.26 Å². The van der Waals surface area contributed by atoms with Crippen LogP contribution in [0.4, 0.5) is 0 Å². The van der Waals surface area contributed by atoms with Crippen LogP contribution in [-0.4, -0.2) is 53.6 Å². The fourth-order valence-electron chi connectivity index (χ4n) is 4.29. The van der Waals surface area contributed by atoms with E-state index in [0.717, 1.165) is 70.7 Å². The lowest BCUT2D eigenvalue weighted by atomic mass is 9.89. The second-order valence-electron chi connectivity index (χ2n) is 6.91. The van der Waals surface area contributed by atoms with Crippen LogP contribution in [0.5, 0.6) is 0 Å². The van der Waals surface area contributed by atoms with Crippen molar-refractivity contribution in [1.29, 1.82) is 0 Å². The van der Waals surface area contributed by atoms with Gasteiger partial charge in [-0.15, -0.1) is 0 Å². The van der Waals surface area contributed by atoms with E-state index in [1.165, 1.54) is 0 Å². The van der Waals surface area contributed by atoms with Crippen LogP contribution in [0.25, 0.3) is 0 Å². The molecule has 1 aromatic heterocycles. The maximum atomic E-state index is 12.0. The molecule has 3 saturated heterocycles. The third-order valence-electron chi connectivity index (χ3n) is 5.37. The zero-order chi connectivity index (χ0) is 15.0. The highest BCUT2D eigenvalue weighted by Gasteiger charge is 2.45. The van der Waals surface area contributed by atoms with E-state index in [1.807, 2.05) is 12.1 Å². The topological polar surface area (TPSA) is 45.9 Å². The average molecular weight is 304 g/mol. The molecule has 1 amide bonds. The molecule has 120 valence electrons. The van der Waals surface area contributed by atoms with E-state index in [-0.39, 0.29) is 5.60 Å². The average Bonchev–Trinajstić information content (AvgIpc) is 3.23. The Morgan fingerprint density at radius 2 is 2.32 bits per heavy atom. The van der Waals surface area contributed by atoms with Crippen molar-refractivity contribution in [3.63, 3.8) is 0 Å². The van der Waals surface area contributed by atoms with Gasteiger partial charge in [0.15, 0.2) is 0 Å². The predicted octanol–water partition coefficient (Wildman–Crippen LogP) is 2.03. The monoisotopic (exact) mass is 304 g/mol. The summed E-state index contributed by atoms with van der Waals surface area (Å²) in [6, 6.07) is 4.35. The first-order valence-corrected chi connectivity index (χ1v) is 8.42. The third kappa shape index (κ3) is 2.68. The van der Waals surface area contributed by atoms with Crippen molar-refractivity contribution < 1.29 is 13.9 Å². The summed E-state index contributed by atoms with van der Waals surface area (Å²) in [6.07, 6.45) is 6.53. The van der Waals surface area contributed by atoms with Gasteiger partial charge in [-0.2, -0.15) is 0 Å². The molecule has 0 saturated carbocycles. The number of nitrogens with zero attached hydrogens (tertiary/aromatic N) is 2. The molecule has 2 atom stereocenters. The molecular formula is C17H24N2O3. The van der Waals surface area contributed by atoms with E-state index in [2.05, 4.69) is 9.80 Å². The zero-order valence-electron chi connectivity index (χ0n) is 13.0. The fraction of sp³-hybridized carbons (Fsp3) is 0.706. The van der Waals surface area contributed by atoms with Crippen LogP contribution in [0.2, 0.25) is 0 Å². The molecule has 1 aromatic rings. The molecule has 0 bridgehead atoms. The van der Waals surface area contributed by atoms with E-state index in [9.17, 15) is 4.79 Å². The summed E-state index contributed by atoms with van der Waals surface area (Å²) in [5.74, 6) is 1.35. The van der Waals surface area contributed by atoms with Crippen molar-refractivity contribution in [1.82, 2.24) is 9.80 Å². The Morgan fingerprint density at radius 1 is 1.36 bits per heavy atom. The highest BCUT2D eigenvalue weighted by atomic mass is 16.5. The number of rotatable bonds is 3. The lowest BCUT2D eigenvalue weighted by Crippen LogP contribution is -2.50. The van der Waals surface area contributed by atoms with E-state index < -0.39 is 0 Å². The largest absolute Gasteiger partial charge is 0.468 e. The standard InChI is InChI=1S/C17H24N2O3/c20-16-4-1-7-19(16)14-5-10-22-17(11-14)6-8-18(13-17)12-15-3-2-9-21-15/h2-3,9,14H,1,4-8,10-13H2/t14-,17+/m0/s1. The first-order chi connectivity index (χ1) is 10.7. The van der Waals surface area contributed by atoms with Crippen LogP contribution in [0, 0.1) is 0 Å². The minimum atomic E-state index is -0.0572. The summed E-state index contributed by atoms with van der Waals surface area (Å²) in [5, 5.41) is 0. The lowest BCUT2D eigenvalue weighted by molar-refractivity contribution is -0.137. The quantitative estimate of drug-likeness (QED) is 0.857. The van der Waals surface area contributed by atoms with Crippen molar-refractivity contribution in [3.05, 3.63) is 24.2 Å². The van der Waals surface area contributed by atoms with Crippen LogP contribution in [-0.2, 0) is 16.1 Å². The Kier molecular flexibility index (Phi) is 3.70. The summed E-state index contributed by atoms with van der Waals surface area (Å²) >= 11 is 0. The Labute approximate surface area is 131 Å². The van der Waals surface area contributed by atoms with Gasteiger partial charge in [0, 0.05) is 38.7 Å². The molecular weight excluding hydrogens is 280 g/mol. The minimum absolute atomic E-state index is 0.0572. The number of hydrogen-bond donors (Lipinski definition) is 0. The summed E-state index contributed by atoms with van der Waals surface area (Å²) in [5.41, 5.74) is -0.0572. The molecule has 3 aliphatic rings. The number of furan rings is 1. The van der Waals surface area contributed by atoms with Crippen molar-refractivity contribution in [2.75, 3.05) is 26.2 Å². The fourth-order valence-corrected chi connectivity index (χ4v) is 4.29. The first kappa shape index (κ1) is 14.3. The van der Waals surface area contributed by atoms with Crippen molar-refractivity contribution >= 4 is 5.91 Å². The van der Waals surface area contributed by atoms with Crippen LogP contribution in [0.3, 0.4) is 0 Å². The number of likely N-dealkylation sites (tertiary alicyclic amines) is 2. The van der Waals surface area contributed by atoms with Crippen molar-refractivity contribution in [2.45, 2.75) is 50.3 Å². The van der Waals surface area contributed by atoms with Gasteiger partial charge in [0.05, 0.1) is 18.4 Å². The molecule has 0 aromatic carbocycles. The summed E-state index contributed by atoms with van der Waals surface area (Å²) in [4.78, 5) is 16.5. The van der Waals surface area contributed by atoms with Crippen LogP contribution < -0.4 is 0 Å². The normalized spacial score (nSPS) is 33.2. The Hall–Kier alpha value is -1.33. The van der Waals surface area contributed by atoms with Crippen LogP contribution in [0.1, 0.15) is 37.9 Å². The zero-order valence-corrected chi connectivity index (χ0v) is 13.0. The number of carbonyl (C=O) groups is 1. The Bertz CT molecular complexity index is 530. The van der Waals surface area contributed by atoms with Gasteiger partial charge in [-0.25, -0.2) is 0 Å². The molecule has 5 heteroatoms. The van der Waals surface area contributed by atoms with Gasteiger partial charge in [-0.3, -0.25) is 9.69 Å². The molecule has 3 aliphatic heterocycles.